The van der Waals surface area contributed by atoms with Gasteiger partial charge in [-0.15, -0.1) is 0 Å². The summed E-state index contributed by atoms with van der Waals surface area (Å²) < 4.78 is 13.0. The van der Waals surface area contributed by atoms with Crippen molar-refractivity contribution in [3.05, 3.63) is 35.1 Å². The molecule has 0 atom stereocenters. The van der Waals surface area contributed by atoms with Crippen molar-refractivity contribution in [1.82, 2.24) is 5.32 Å². The van der Waals surface area contributed by atoms with Gasteiger partial charge in [0.15, 0.2) is 0 Å². The highest BCUT2D eigenvalue weighted by Crippen LogP contribution is 2.26. The Bertz CT molecular complexity index is 342. The Labute approximate surface area is 90.7 Å². The van der Waals surface area contributed by atoms with E-state index >= 15 is 0 Å². The molecular weight excluding hydrogens is 189 g/mol. The number of hydrogen-bond donors (Lipinski definition) is 1. The molecule has 0 radical (unpaired) electrons. The zero-order valence-electron chi connectivity index (χ0n) is 9.39. The number of aryl methyl sites for hydroxylation is 1. The third-order valence-corrected chi connectivity index (χ3v) is 3.27. The minimum Gasteiger partial charge on any atom is -0.310 e. The van der Waals surface area contributed by atoms with Crippen LogP contribution in [-0.2, 0) is 6.54 Å². The normalized spacial score (nSPS) is 25.0. The third kappa shape index (κ3) is 2.57. The zero-order valence-corrected chi connectivity index (χ0v) is 9.39. The molecular formula is C13H18FN. The average molecular weight is 207 g/mol. The van der Waals surface area contributed by atoms with Crippen LogP contribution in [0.4, 0.5) is 4.39 Å². The van der Waals surface area contributed by atoms with Gasteiger partial charge < -0.3 is 5.32 Å². The Morgan fingerprint density at radius 1 is 1.40 bits per heavy atom. The third-order valence-electron chi connectivity index (χ3n) is 3.27. The van der Waals surface area contributed by atoms with Crippen LogP contribution in [0, 0.1) is 18.7 Å². The maximum atomic E-state index is 13.0. The van der Waals surface area contributed by atoms with Crippen molar-refractivity contribution in [1.29, 1.82) is 0 Å². The van der Waals surface area contributed by atoms with Gasteiger partial charge in [-0.1, -0.05) is 13.0 Å². The summed E-state index contributed by atoms with van der Waals surface area (Å²) in [5.41, 5.74) is 2.24. The van der Waals surface area contributed by atoms with Crippen LogP contribution in [0.1, 0.15) is 30.9 Å². The molecule has 82 valence electrons. The van der Waals surface area contributed by atoms with E-state index in [1.165, 1.54) is 18.9 Å². The first kappa shape index (κ1) is 10.6. The molecule has 1 aliphatic carbocycles. The number of nitrogens with one attached hydrogen (secondary N) is 1. The van der Waals surface area contributed by atoms with Gasteiger partial charge in [0, 0.05) is 12.6 Å². The van der Waals surface area contributed by atoms with Crippen LogP contribution in [0.25, 0.3) is 0 Å². The monoisotopic (exact) mass is 207 g/mol. The standard InChI is InChI=1S/C13H18FN/c1-9-5-13(6-9)15-8-11-7-12(14)4-3-10(11)2/h3-4,7,9,13,15H,5-6,8H2,1-2H3. The molecule has 0 saturated heterocycles. The van der Waals surface area contributed by atoms with E-state index in [1.54, 1.807) is 6.07 Å². The van der Waals surface area contributed by atoms with Crippen molar-refractivity contribution in [2.24, 2.45) is 5.92 Å². The van der Waals surface area contributed by atoms with Crippen LogP contribution in [-0.4, -0.2) is 6.04 Å². The molecule has 1 aromatic rings. The highest BCUT2D eigenvalue weighted by molar-refractivity contribution is 5.26. The van der Waals surface area contributed by atoms with E-state index in [1.807, 2.05) is 13.0 Å². The summed E-state index contributed by atoms with van der Waals surface area (Å²) in [6.07, 6.45) is 2.52. The molecule has 1 nitrogen and oxygen atoms in total. The summed E-state index contributed by atoms with van der Waals surface area (Å²) in [5, 5.41) is 3.47. The van der Waals surface area contributed by atoms with Crippen LogP contribution in [0.5, 0.6) is 0 Å². The summed E-state index contributed by atoms with van der Waals surface area (Å²) in [4.78, 5) is 0. The van der Waals surface area contributed by atoms with E-state index in [0.29, 0.717) is 6.04 Å². The molecule has 0 heterocycles. The van der Waals surface area contributed by atoms with Gasteiger partial charge in [0.1, 0.15) is 5.82 Å². The second-order valence-electron chi connectivity index (χ2n) is 4.73. The summed E-state index contributed by atoms with van der Waals surface area (Å²) in [6.45, 7) is 5.09. The van der Waals surface area contributed by atoms with Crippen LogP contribution >= 0.6 is 0 Å². The highest BCUT2D eigenvalue weighted by Gasteiger charge is 2.24. The van der Waals surface area contributed by atoms with E-state index in [9.17, 15) is 4.39 Å². The van der Waals surface area contributed by atoms with Gasteiger partial charge in [0.05, 0.1) is 0 Å². The molecule has 1 aliphatic rings. The lowest BCUT2D eigenvalue weighted by atomic mass is 9.82. The molecule has 1 N–H and O–H groups in total. The first-order valence-corrected chi connectivity index (χ1v) is 5.63. The van der Waals surface area contributed by atoms with Gasteiger partial charge in [0.25, 0.3) is 0 Å². The molecule has 0 spiro atoms. The van der Waals surface area contributed by atoms with Gasteiger partial charge in [-0.25, -0.2) is 4.39 Å². The molecule has 2 rings (SSSR count). The molecule has 1 fully saturated rings. The molecule has 0 unspecified atom stereocenters. The zero-order chi connectivity index (χ0) is 10.8. The van der Waals surface area contributed by atoms with Crippen molar-refractivity contribution in [3.63, 3.8) is 0 Å². The van der Waals surface area contributed by atoms with E-state index in [4.69, 9.17) is 0 Å². The smallest absolute Gasteiger partial charge is 0.123 e. The molecule has 0 amide bonds. The Kier molecular flexibility index (Phi) is 3.06. The lowest BCUT2D eigenvalue weighted by Gasteiger charge is -2.33. The van der Waals surface area contributed by atoms with Crippen LogP contribution in [0.15, 0.2) is 18.2 Å². The molecule has 0 aromatic heterocycles. The summed E-state index contributed by atoms with van der Waals surface area (Å²) in [7, 11) is 0. The molecule has 0 bridgehead atoms. The highest BCUT2D eigenvalue weighted by atomic mass is 19.1. The van der Waals surface area contributed by atoms with Crippen LogP contribution in [0.3, 0.4) is 0 Å². The number of benzene rings is 1. The lowest BCUT2D eigenvalue weighted by molar-refractivity contribution is 0.240. The average Bonchev–Trinajstić information content (AvgIpc) is 2.16. The lowest BCUT2D eigenvalue weighted by Crippen LogP contribution is -2.39. The minimum absolute atomic E-state index is 0.139. The summed E-state index contributed by atoms with van der Waals surface area (Å²) in [6, 6.07) is 5.63. The number of rotatable bonds is 3. The molecule has 2 heteroatoms. The van der Waals surface area contributed by atoms with Gasteiger partial charge in [0.2, 0.25) is 0 Å². The summed E-state index contributed by atoms with van der Waals surface area (Å²) in [5.74, 6) is 0.718. The maximum absolute atomic E-state index is 13.0. The van der Waals surface area contributed by atoms with Crippen LogP contribution < -0.4 is 5.32 Å². The van der Waals surface area contributed by atoms with Gasteiger partial charge in [-0.2, -0.15) is 0 Å². The first-order chi connectivity index (χ1) is 7.15. The fraction of sp³-hybridized carbons (Fsp3) is 0.538. The maximum Gasteiger partial charge on any atom is 0.123 e. The molecule has 0 aliphatic heterocycles. The topological polar surface area (TPSA) is 12.0 Å². The predicted molar refractivity (Wildman–Crippen MR) is 60.2 cm³/mol. The fourth-order valence-electron chi connectivity index (χ4n) is 2.15. The Morgan fingerprint density at radius 2 is 2.13 bits per heavy atom. The summed E-state index contributed by atoms with van der Waals surface area (Å²) >= 11 is 0. The van der Waals surface area contributed by atoms with E-state index in [-0.39, 0.29) is 5.82 Å². The number of hydrogen-bond acceptors (Lipinski definition) is 1. The molecule has 1 saturated carbocycles. The second-order valence-corrected chi connectivity index (χ2v) is 4.73. The SMILES string of the molecule is Cc1ccc(F)cc1CNC1CC(C)C1. The Hall–Kier alpha value is -0.890. The van der Waals surface area contributed by atoms with Crippen LogP contribution in [0.2, 0.25) is 0 Å². The molecule has 1 aromatic carbocycles. The number of halogens is 1. The van der Waals surface area contributed by atoms with Crippen molar-refractivity contribution in [3.8, 4) is 0 Å². The fourth-order valence-corrected chi connectivity index (χ4v) is 2.15. The van der Waals surface area contributed by atoms with Gasteiger partial charge in [-0.05, 0) is 48.9 Å². The van der Waals surface area contributed by atoms with Crippen molar-refractivity contribution < 1.29 is 4.39 Å². The van der Waals surface area contributed by atoms with Gasteiger partial charge >= 0.3 is 0 Å². The van der Waals surface area contributed by atoms with Crippen molar-refractivity contribution in [2.75, 3.05) is 0 Å². The van der Waals surface area contributed by atoms with E-state index in [0.717, 1.165) is 23.6 Å². The van der Waals surface area contributed by atoms with Crippen molar-refractivity contribution in [2.45, 2.75) is 39.3 Å². The Morgan fingerprint density at radius 3 is 2.80 bits per heavy atom. The predicted octanol–water partition coefficient (Wildman–Crippen LogP) is 3.02. The quantitative estimate of drug-likeness (QED) is 0.803. The van der Waals surface area contributed by atoms with Crippen molar-refractivity contribution >= 4 is 0 Å². The van der Waals surface area contributed by atoms with E-state index < -0.39 is 0 Å². The Balaban J connectivity index is 1.90. The van der Waals surface area contributed by atoms with Gasteiger partial charge in [-0.3, -0.25) is 0 Å². The first-order valence-electron chi connectivity index (χ1n) is 5.63. The second kappa shape index (κ2) is 4.31. The van der Waals surface area contributed by atoms with E-state index in [2.05, 4.69) is 12.2 Å². The minimum atomic E-state index is -0.139. The largest absolute Gasteiger partial charge is 0.310 e. The molecule has 15 heavy (non-hydrogen) atoms.